The van der Waals surface area contributed by atoms with Crippen LogP contribution in [0, 0.1) is 23.7 Å². The van der Waals surface area contributed by atoms with Crippen molar-refractivity contribution in [2.75, 3.05) is 72.9 Å². The molecule has 1 aromatic rings. The molecule has 0 aromatic heterocycles. The minimum absolute atomic E-state index is 0.0425. The van der Waals surface area contributed by atoms with Crippen molar-refractivity contribution < 1.29 is 43.5 Å². The molecule has 0 aliphatic carbocycles. The maximum atomic E-state index is 13.9. The van der Waals surface area contributed by atoms with Crippen molar-refractivity contribution in [3.8, 4) is 11.5 Å². The van der Waals surface area contributed by atoms with E-state index in [1.807, 2.05) is 18.2 Å². The van der Waals surface area contributed by atoms with Crippen LogP contribution in [0.25, 0.3) is 0 Å². The first-order valence-corrected chi connectivity index (χ1v) is 18.4. The third kappa shape index (κ3) is 14.3. The molecular formula is C38H67N3O9. The van der Waals surface area contributed by atoms with Crippen LogP contribution in [0.1, 0.15) is 79.7 Å². The number of nitrogens with zero attached hydrogens (tertiary/aromatic N) is 1. The van der Waals surface area contributed by atoms with Gasteiger partial charge in [-0.1, -0.05) is 33.8 Å². The van der Waals surface area contributed by atoms with Crippen molar-refractivity contribution in [3.05, 3.63) is 23.8 Å². The van der Waals surface area contributed by atoms with Crippen molar-refractivity contribution in [2.45, 2.75) is 97.8 Å². The number of morpholine rings is 1. The molecule has 1 aliphatic rings. The molecule has 1 amide bonds. The number of aliphatic hydroxyl groups is 2. The Morgan fingerprint density at radius 2 is 1.66 bits per heavy atom. The highest BCUT2D eigenvalue weighted by Crippen LogP contribution is 2.35. The van der Waals surface area contributed by atoms with Crippen molar-refractivity contribution in [3.63, 3.8) is 0 Å². The Bertz CT molecular complexity index is 1140. The summed E-state index contributed by atoms with van der Waals surface area (Å²) >= 11 is 0. The van der Waals surface area contributed by atoms with Crippen LogP contribution in [-0.2, 0) is 30.2 Å². The van der Waals surface area contributed by atoms with Gasteiger partial charge in [0.15, 0.2) is 11.5 Å². The van der Waals surface area contributed by atoms with Crippen molar-refractivity contribution >= 4 is 11.9 Å². The number of amides is 1. The number of benzene rings is 1. The van der Waals surface area contributed by atoms with Gasteiger partial charge in [-0.2, -0.15) is 0 Å². The van der Waals surface area contributed by atoms with E-state index in [0.717, 1.165) is 25.1 Å². The molecule has 0 bridgehead atoms. The lowest BCUT2D eigenvalue weighted by Gasteiger charge is -2.41. The molecule has 0 saturated carbocycles. The zero-order valence-corrected chi connectivity index (χ0v) is 32.0. The van der Waals surface area contributed by atoms with Gasteiger partial charge in [-0.15, -0.1) is 0 Å². The summed E-state index contributed by atoms with van der Waals surface area (Å²) in [6.07, 6.45) is 1.57. The van der Waals surface area contributed by atoms with Gasteiger partial charge in [0.2, 0.25) is 5.91 Å². The van der Waals surface area contributed by atoms with Crippen LogP contribution in [0.15, 0.2) is 18.2 Å². The van der Waals surface area contributed by atoms with Crippen LogP contribution < -0.4 is 20.5 Å². The molecule has 288 valence electrons. The van der Waals surface area contributed by atoms with E-state index in [2.05, 4.69) is 24.1 Å². The lowest BCUT2D eigenvalue weighted by molar-refractivity contribution is -0.172. The Hall–Kier alpha value is -2.48. The predicted octanol–water partition coefficient (Wildman–Crippen LogP) is 3.58. The maximum absolute atomic E-state index is 13.9. The van der Waals surface area contributed by atoms with Crippen LogP contribution in [0.3, 0.4) is 0 Å². The average molecular weight is 710 g/mol. The fourth-order valence-corrected chi connectivity index (χ4v) is 6.17. The first-order valence-electron chi connectivity index (χ1n) is 18.4. The third-order valence-corrected chi connectivity index (χ3v) is 9.32. The summed E-state index contributed by atoms with van der Waals surface area (Å²) in [6, 6.07) is 5.89. The van der Waals surface area contributed by atoms with Gasteiger partial charge in [0.25, 0.3) is 0 Å². The Kier molecular flexibility index (Phi) is 19.0. The van der Waals surface area contributed by atoms with E-state index in [1.54, 1.807) is 41.7 Å². The first kappa shape index (κ1) is 43.7. The maximum Gasteiger partial charge on any atom is 0.314 e. The normalized spacial score (nSPS) is 17.2. The fraction of sp³-hybridized carbons (Fsp3) is 0.789. The summed E-state index contributed by atoms with van der Waals surface area (Å²) < 4.78 is 28.3. The van der Waals surface area contributed by atoms with Crippen LogP contribution in [0.4, 0.5) is 0 Å². The molecule has 1 heterocycles. The SMILES string of the molecule is COCCCOc1cc(C[C@H](CC[C@H](O)[C@@H](C(=O)OC(C)(C)C)[C@](N)(C(=O)NCCN2CCOCC2)C(C)C)C(C)C)ccc1OCCCO. The summed E-state index contributed by atoms with van der Waals surface area (Å²) in [4.78, 5) is 29.9. The minimum Gasteiger partial charge on any atom is -0.490 e. The van der Waals surface area contributed by atoms with E-state index in [4.69, 9.17) is 29.4 Å². The van der Waals surface area contributed by atoms with E-state index in [9.17, 15) is 19.8 Å². The van der Waals surface area contributed by atoms with Crippen LogP contribution in [0.5, 0.6) is 11.5 Å². The molecule has 0 radical (unpaired) electrons. The van der Waals surface area contributed by atoms with Crippen LogP contribution in [-0.4, -0.2) is 117 Å². The predicted molar refractivity (Wildman–Crippen MR) is 194 cm³/mol. The molecule has 2 rings (SSSR count). The number of methoxy groups -OCH3 is 1. The van der Waals surface area contributed by atoms with Gasteiger partial charge in [0, 0.05) is 59.3 Å². The number of hydrogen-bond acceptors (Lipinski definition) is 11. The summed E-state index contributed by atoms with van der Waals surface area (Å²) in [5.41, 5.74) is 5.44. The smallest absolute Gasteiger partial charge is 0.314 e. The summed E-state index contributed by atoms with van der Waals surface area (Å²) in [6.45, 7) is 18.5. The fourth-order valence-electron chi connectivity index (χ4n) is 6.17. The van der Waals surface area contributed by atoms with E-state index in [0.29, 0.717) is 76.9 Å². The summed E-state index contributed by atoms with van der Waals surface area (Å²) in [7, 11) is 1.65. The molecule has 0 unspecified atom stereocenters. The average Bonchev–Trinajstić information content (AvgIpc) is 3.05. The van der Waals surface area contributed by atoms with Gasteiger partial charge >= 0.3 is 5.97 Å². The second kappa shape index (κ2) is 21.8. The van der Waals surface area contributed by atoms with Crippen molar-refractivity contribution in [2.24, 2.45) is 29.4 Å². The van der Waals surface area contributed by atoms with E-state index in [1.165, 1.54) is 0 Å². The highest BCUT2D eigenvalue weighted by molar-refractivity contribution is 5.92. The van der Waals surface area contributed by atoms with Crippen molar-refractivity contribution in [1.82, 2.24) is 10.2 Å². The molecule has 5 N–H and O–H groups in total. The minimum atomic E-state index is -1.71. The Labute approximate surface area is 300 Å². The van der Waals surface area contributed by atoms with Gasteiger partial charge in [0.05, 0.1) is 32.5 Å². The molecule has 1 aliphatic heterocycles. The van der Waals surface area contributed by atoms with E-state index >= 15 is 0 Å². The van der Waals surface area contributed by atoms with Crippen molar-refractivity contribution in [1.29, 1.82) is 0 Å². The lowest BCUT2D eigenvalue weighted by Crippen LogP contribution is -2.67. The van der Waals surface area contributed by atoms with Gasteiger partial charge in [-0.3, -0.25) is 14.5 Å². The number of aliphatic hydroxyl groups excluding tert-OH is 2. The highest BCUT2D eigenvalue weighted by Gasteiger charge is 2.53. The second-order valence-corrected chi connectivity index (χ2v) is 15.1. The van der Waals surface area contributed by atoms with E-state index in [-0.39, 0.29) is 24.9 Å². The number of esters is 1. The third-order valence-electron chi connectivity index (χ3n) is 9.32. The van der Waals surface area contributed by atoms with Crippen LogP contribution >= 0.6 is 0 Å². The van der Waals surface area contributed by atoms with Gasteiger partial charge in [0.1, 0.15) is 17.1 Å². The highest BCUT2D eigenvalue weighted by atomic mass is 16.6. The molecule has 1 aromatic carbocycles. The molecule has 50 heavy (non-hydrogen) atoms. The zero-order chi connectivity index (χ0) is 37.3. The lowest BCUT2D eigenvalue weighted by atomic mass is 9.71. The molecular weight excluding hydrogens is 642 g/mol. The van der Waals surface area contributed by atoms with Gasteiger partial charge in [-0.05, 0) is 75.5 Å². The first-order chi connectivity index (χ1) is 23.6. The molecule has 4 atom stereocenters. The quantitative estimate of drug-likeness (QED) is 0.0971. The summed E-state index contributed by atoms with van der Waals surface area (Å²) in [5.74, 6) is -1.26. The number of hydrogen-bond donors (Lipinski definition) is 4. The second-order valence-electron chi connectivity index (χ2n) is 15.1. The number of nitrogens with one attached hydrogen (secondary N) is 1. The molecule has 1 fully saturated rings. The molecule has 1 saturated heterocycles. The number of rotatable bonds is 23. The molecule has 12 nitrogen and oxygen atoms in total. The van der Waals surface area contributed by atoms with Gasteiger partial charge in [-0.25, -0.2) is 0 Å². The zero-order valence-electron chi connectivity index (χ0n) is 32.0. The topological polar surface area (TPSA) is 162 Å². The Morgan fingerprint density at radius 3 is 2.26 bits per heavy atom. The Morgan fingerprint density at radius 1 is 1.00 bits per heavy atom. The number of nitrogens with two attached hydrogens (primary N) is 1. The van der Waals surface area contributed by atoms with E-state index < -0.39 is 41.0 Å². The number of ether oxygens (including phenoxy) is 5. The molecule has 0 spiro atoms. The monoisotopic (exact) mass is 709 g/mol. The number of carbonyl (C=O) groups is 2. The Balaban J connectivity index is 2.26. The summed E-state index contributed by atoms with van der Waals surface area (Å²) in [5, 5.41) is 24.0. The van der Waals surface area contributed by atoms with Gasteiger partial charge < -0.3 is 44.9 Å². The number of carbonyl (C=O) groups excluding carboxylic acids is 2. The largest absolute Gasteiger partial charge is 0.490 e. The van der Waals surface area contributed by atoms with Crippen LogP contribution in [0.2, 0.25) is 0 Å². The standard InChI is InChI=1S/C38H67N3O9/c1-27(2)30(25-29-11-14-32(48-21-9-19-42)33(26-29)49-22-10-20-46-8)12-13-31(43)34(35(44)50-37(5,6)7)38(39,28(3)4)36(45)40-15-16-41-17-23-47-24-18-41/h11,14,26-28,30-31,34,42-43H,9-10,12-13,15-25,39H2,1-8H3,(H,40,45)/t30-,31-,34-,38-/m0/s1. The molecule has 12 heteroatoms.